The maximum Gasteiger partial charge on any atom is 0.230 e. The van der Waals surface area contributed by atoms with Crippen LogP contribution in [0, 0.1) is 0 Å². The quantitative estimate of drug-likeness (QED) is 0.386. The summed E-state index contributed by atoms with van der Waals surface area (Å²) in [6.45, 7) is 7.60. The largest absolute Gasteiger partial charge is 0.338 e. The second-order valence-electron chi connectivity index (χ2n) is 7.82. The van der Waals surface area contributed by atoms with E-state index in [4.69, 9.17) is 11.6 Å². The van der Waals surface area contributed by atoms with E-state index in [0.717, 1.165) is 16.2 Å². The van der Waals surface area contributed by atoms with Crippen LogP contribution in [0.5, 0.6) is 0 Å². The maximum atomic E-state index is 12.6. The zero-order chi connectivity index (χ0) is 22.2. The summed E-state index contributed by atoms with van der Waals surface area (Å²) in [6, 6.07) is 9.55. The van der Waals surface area contributed by atoms with Gasteiger partial charge in [0.15, 0.2) is 5.82 Å². The van der Waals surface area contributed by atoms with Crippen molar-refractivity contribution in [3.05, 3.63) is 53.9 Å². The van der Waals surface area contributed by atoms with Crippen molar-refractivity contribution in [1.82, 2.24) is 24.7 Å². The highest BCUT2D eigenvalue weighted by atomic mass is 35.5. The Morgan fingerprint density at radius 2 is 1.84 bits per heavy atom. The molecule has 3 aromatic heterocycles. The number of anilines is 4. The Bertz CT molecular complexity index is 1300. The van der Waals surface area contributed by atoms with Gasteiger partial charge in [0.1, 0.15) is 18.0 Å². The highest BCUT2D eigenvalue weighted by molar-refractivity contribution is 7.70. The molecule has 0 aliphatic carbocycles. The van der Waals surface area contributed by atoms with E-state index in [-0.39, 0.29) is 6.04 Å². The standard InChI is InChI=1S/C21H23ClN7OP/c1-13(2)29-17-9-19(23-10-14(17)11-25-29)27-21-24-12-15(22)20(28-21)26-16-7-5-6-8-18(16)31(3,4)30/h5-13H,1-4H3,(H2,23,24,26,27,28). The normalized spacial score (nSPS) is 11.8. The summed E-state index contributed by atoms with van der Waals surface area (Å²) in [4.78, 5) is 13.2. The van der Waals surface area contributed by atoms with Gasteiger partial charge in [-0.25, -0.2) is 9.97 Å². The molecule has 0 saturated carbocycles. The minimum absolute atomic E-state index is 0.225. The summed E-state index contributed by atoms with van der Waals surface area (Å²) < 4.78 is 14.6. The summed E-state index contributed by atoms with van der Waals surface area (Å²) >= 11 is 6.32. The summed E-state index contributed by atoms with van der Waals surface area (Å²) in [5, 5.41) is 12.8. The van der Waals surface area contributed by atoms with Crippen molar-refractivity contribution < 1.29 is 4.57 Å². The maximum absolute atomic E-state index is 12.6. The van der Waals surface area contributed by atoms with Crippen molar-refractivity contribution in [2.75, 3.05) is 24.0 Å². The molecule has 0 aliphatic heterocycles. The Morgan fingerprint density at radius 3 is 2.58 bits per heavy atom. The third-order valence-electron chi connectivity index (χ3n) is 4.69. The minimum Gasteiger partial charge on any atom is -0.338 e. The van der Waals surface area contributed by atoms with E-state index in [1.807, 2.05) is 35.0 Å². The summed E-state index contributed by atoms with van der Waals surface area (Å²) in [7, 11) is -2.49. The molecule has 4 rings (SSSR count). The van der Waals surface area contributed by atoms with Crippen molar-refractivity contribution in [2.45, 2.75) is 19.9 Å². The molecule has 0 aliphatic rings. The minimum atomic E-state index is -2.49. The Labute approximate surface area is 185 Å². The molecule has 31 heavy (non-hydrogen) atoms. The number of hydrogen-bond acceptors (Lipinski definition) is 7. The van der Waals surface area contributed by atoms with E-state index in [1.54, 1.807) is 25.7 Å². The molecule has 0 atom stereocenters. The van der Waals surface area contributed by atoms with Crippen molar-refractivity contribution in [3.8, 4) is 0 Å². The van der Waals surface area contributed by atoms with Crippen LogP contribution in [-0.2, 0) is 4.57 Å². The summed E-state index contributed by atoms with van der Waals surface area (Å²) in [5.41, 5.74) is 1.66. The molecular formula is C21H23ClN7OP. The number of aromatic nitrogens is 5. The lowest BCUT2D eigenvalue weighted by atomic mass is 10.3. The zero-order valence-corrected chi connectivity index (χ0v) is 19.3. The van der Waals surface area contributed by atoms with Crippen LogP contribution in [0.1, 0.15) is 19.9 Å². The average Bonchev–Trinajstić information content (AvgIpc) is 3.14. The smallest absolute Gasteiger partial charge is 0.230 e. The van der Waals surface area contributed by atoms with Gasteiger partial charge in [0.05, 0.1) is 23.6 Å². The van der Waals surface area contributed by atoms with Crippen molar-refractivity contribution in [3.63, 3.8) is 0 Å². The molecule has 0 fully saturated rings. The average molecular weight is 456 g/mol. The van der Waals surface area contributed by atoms with Gasteiger partial charge in [-0.1, -0.05) is 23.7 Å². The van der Waals surface area contributed by atoms with Crippen LogP contribution in [0.25, 0.3) is 10.9 Å². The Morgan fingerprint density at radius 1 is 1.06 bits per heavy atom. The first-order valence-electron chi connectivity index (χ1n) is 9.77. The van der Waals surface area contributed by atoms with Gasteiger partial charge < -0.3 is 15.2 Å². The van der Waals surface area contributed by atoms with Crippen LogP contribution in [0.3, 0.4) is 0 Å². The molecule has 3 heterocycles. The Hall–Kier alpha value is -2.96. The molecule has 0 unspecified atom stereocenters. The van der Waals surface area contributed by atoms with Gasteiger partial charge in [-0.15, -0.1) is 0 Å². The van der Waals surface area contributed by atoms with Gasteiger partial charge in [-0.3, -0.25) is 4.68 Å². The van der Waals surface area contributed by atoms with Gasteiger partial charge in [-0.05, 0) is 39.3 Å². The molecular weight excluding hydrogens is 433 g/mol. The lowest BCUT2D eigenvalue weighted by molar-refractivity contribution is 0.551. The van der Waals surface area contributed by atoms with Crippen LogP contribution in [-0.4, -0.2) is 38.1 Å². The monoisotopic (exact) mass is 455 g/mol. The number of para-hydroxylation sites is 1. The molecule has 10 heteroatoms. The van der Waals surface area contributed by atoms with Gasteiger partial charge in [-0.2, -0.15) is 10.1 Å². The van der Waals surface area contributed by atoms with Crippen LogP contribution >= 0.6 is 18.7 Å². The number of nitrogens with zero attached hydrogens (tertiary/aromatic N) is 5. The number of benzene rings is 1. The van der Waals surface area contributed by atoms with E-state index < -0.39 is 7.14 Å². The number of hydrogen-bond donors (Lipinski definition) is 2. The van der Waals surface area contributed by atoms with Gasteiger partial charge in [0.25, 0.3) is 0 Å². The number of nitrogens with one attached hydrogen (secondary N) is 2. The van der Waals surface area contributed by atoms with Crippen LogP contribution in [0.2, 0.25) is 5.02 Å². The van der Waals surface area contributed by atoms with Crippen LogP contribution in [0.4, 0.5) is 23.3 Å². The molecule has 0 amide bonds. The number of fused-ring (bicyclic) bond motifs is 1. The zero-order valence-electron chi connectivity index (χ0n) is 17.7. The first-order valence-corrected chi connectivity index (χ1v) is 12.7. The molecule has 0 bridgehead atoms. The predicted octanol–water partition coefficient (Wildman–Crippen LogP) is 5.19. The number of rotatable bonds is 6. The Balaban J connectivity index is 1.64. The second kappa shape index (κ2) is 8.29. The van der Waals surface area contributed by atoms with Gasteiger partial charge >= 0.3 is 0 Å². The first-order chi connectivity index (χ1) is 14.7. The van der Waals surface area contributed by atoms with Crippen molar-refractivity contribution in [1.29, 1.82) is 0 Å². The molecule has 160 valence electrons. The molecule has 8 nitrogen and oxygen atoms in total. The molecule has 4 aromatic rings. The van der Waals surface area contributed by atoms with Crippen molar-refractivity contribution in [2.24, 2.45) is 0 Å². The SMILES string of the molecule is CC(C)n1ncc2cnc(Nc3ncc(Cl)c(Nc4ccccc4P(C)(C)=O)n3)cc21. The van der Waals surface area contributed by atoms with E-state index in [0.29, 0.717) is 28.3 Å². The molecule has 0 radical (unpaired) electrons. The van der Waals surface area contributed by atoms with E-state index in [9.17, 15) is 4.57 Å². The highest BCUT2D eigenvalue weighted by Gasteiger charge is 2.17. The van der Waals surface area contributed by atoms with E-state index in [1.165, 1.54) is 6.20 Å². The highest BCUT2D eigenvalue weighted by Crippen LogP contribution is 2.38. The molecule has 2 N–H and O–H groups in total. The third kappa shape index (κ3) is 4.55. The molecule has 0 saturated heterocycles. The molecule has 0 spiro atoms. The number of halogens is 1. The Kier molecular flexibility index (Phi) is 5.69. The second-order valence-corrected chi connectivity index (χ2v) is 11.4. The fraction of sp³-hybridized carbons (Fsp3) is 0.238. The van der Waals surface area contributed by atoms with Crippen LogP contribution in [0.15, 0.2) is 48.9 Å². The van der Waals surface area contributed by atoms with Gasteiger partial charge in [0.2, 0.25) is 5.95 Å². The first kappa shape index (κ1) is 21.3. The summed E-state index contributed by atoms with van der Waals surface area (Å²) in [5.74, 6) is 1.34. The van der Waals surface area contributed by atoms with Gasteiger partial charge in [0, 0.05) is 29.0 Å². The topological polar surface area (TPSA) is 97.6 Å². The van der Waals surface area contributed by atoms with Crippen LogP contribution < -0.4 is 15.9 Å². The fourth-order valence-electron chi connectivity index (χ4n) is 3.23. The van der Waals surface area contributed by atoms with E-state index >= 15 is 0 Å². The third-order valence-corrected chi connectivity index (χ3v) is 6.52. The lowest BCUT2D eigenvalue weighted by Crippen LogP contribution is -2.11. The van der Waals surface area contributed by atoms with E-state index in [2.05, 4.69) is 44.5 Å². The molecule has 1 aromatic carbocycles. The number of pyridine rings is 1. The fourth-order valence-corrected chi connectivity index (χ4v) is 4.52. The predicted molar refractivity (Wildman–Crippen MR) is 127 cm³/mol. The summed E-state index contributed by atoms with van der Waals surface area (Å²) in [6.07, 6.45) is 5.07. The van der Waals surface area contributed by atoms with Crippen molar-refractivity contribution >= 4 is 58.2 Å². The lowest BCUT2D eigenvalue weighted by Gasteiger charge is -2.15.